The average Bonchev–Trinajstić information content (AvgIpc) is 2.19. The third-order valence-electron chi connectivity index (χ3n) is 2.10. The van der Waals surface area contributed by atoms with Gasteiger partial charge in [0.05, 0.1) is 0 Å². The molecule has 0 fully saturated rings. The maximum absolute atomic E-state index is 6.13. The summed E-state index contributed by atoms with van der Waals surface area (Å²) in [6.45, 7) is 2.03. The fraction of sp³-hybridized carbons (Fsp3) is 0.0833. The third kappa shape index (κ3) is 1.78. The summed E-state index contributed by atoms with van der Waals surface area (Å²) in [6.07, 6.45) is 1.98. The fourth-order valence-corrected chi connectivity index (χ4v) is 1.69. The van der Waals surface area contributed by atoms with Crippen molar-refractivity contribution in [3.05, 3.63) is 59.4 Å². The zero-order chi connectivity index (χ0) is 9.97. The molecule has 0 unspecified atom stereocenters. The molecule has 0 aliphatic carbocycles. The topological polar surface area (TPSA) is 3.88 Å². The van der Waals surface area contributed by atoms with Crippen LogP contribution in [0.2, 0.25) is 5.15 Å². The second-order valence-electron chi connectivity index (χ2n) is 3.23. The Morgan fingerprint density at radius 2 is 1.79 bits per heavy atom. The Kier molecular flexibility index (Phi) is 2.51. The fourth-order valence-electron chi connectivity index (χ4n) is 1.37. The van der Waals surface area contributed by atoms with Gasteiger partial charge in [0.15, 0.2) is 6.20 Å². The minimum absolute atomic E-state index is 0.733. The van der Waals surface area contributed by atoms with Gasteiger partial charge in [-0.2, -0.15) is 4.57 Å². The van der Waals surface area contributed by atoms with E-state index in [4.69, 9.17) is 11.6 Å². The van der Waals surface area contributed by atoms with E-state index in [2.05, 4.69) is 0 Å². The molecule has 2 rings (SSSR count). The quantitative estimate of drug-likeness (QED) is 0.497. The Morgan fingerprint density at radius 1 is 1.07 bits per heavy atom. The lowest BCUT2D eigenvalue weighted by molar-refractivity contribution is -0.593. The first-order chi connectivity index (χ1) is 6.77. The maximum Gasteiger partial charge on any atom is 0.280 e. The Hall–Kier alpha value is -1.34. The van der Waals surface area contributed by atoms with Crippen molar-refractivity contribution in [1.82, 2.24) is 0 Å². The Bertz CT molecular complexity index is 437. The number of rotatable bonds is 1. The molecule has 0 spiro atoms. The van der Waals surface area contributed by atoms with Crippen molar-refractivity contribution >= 4 is 11.6 Å². The Balaban J connectivity index is 2.53. The number of halogens is 1. The van der Waals surface area contributed by atoms with Crippen LogP contribution in [0.15, 0.2) is 48.7 Å². The van der Waals surface area contributed by atoms with E-state index in [-0.39, 0.29) is 0 Å². The predicted molar refractivity (Wildman–Crippen MR) is 57.7 cm³/mol. The molecule has 0 atom stereocenters. The normalized spacial score (nSPS) is 10.1. The smallest absolute Gasteiger partial charge is 0.150 e. The summed E-state index contributed by atoms with van der Waals surface area (Å²) in [5.41, 5.74) is 2.25. The minimum atomic E-state index is 0.733. The summed E-state index contributed by atoms with van der Waals surface area (Å²) in [5.74, 6) is 0. The molecular formula is C12H11ClN+. The van der Waals surface area contributed by atoms with Crippen molar-refractivity contribution in [3.8, 4) is 5.69 Å². The number of aryl methyl sites for hydroxylation is 1. The highest BCUT2D eigenvalue weighted by atomic mass is 35.5. The van der Waals surface area contributed by atoms with E-state index in [0.29, 0.717) is 0 Å². The zero-order valence-corrected chi connectivity index (χ0v) is 8.70. The van der Waals surface area contributed by atoms with Gasteiger partial charge in [0.25, 0.3) is 5.15 Å². The number of hydrogen-bond acceptors (Lipinski definition) is 0. The Morgan fingerprint density at radius 3 is 2.43 bits per heavy atom. The van der Waals surface area contributed by atoms with Gasteiger partial charge >= 0.3 is 0 Å². The van der Waals surface area contributed by atoms with Crippen molar-refractivity contribution in [2.24, 2.45) is 0 Å². The average molecular weight is 205 g/mol. The lowest BCUT2D eigenvalue weighted by atomic mass is 10.3. The molecule has 0 bridgehead atoms. The van der Waals surface area contributed by atoms with Crippen molar-refractivity contribution < 1.29 is 4.57 Å². The molecule has 14 heavy (non-hydrogen) atoms. The molecule has 0 aliphatic rings. The maximum atomic E-state index is 6.13. The van der Waals surface area contributed by atoms with Crippen molar-refractivity contribution in [3.63, 3.8) is 0 Å². The van der Waals surface area contributed by atoms with Gasteiger partial charge in [0.1, 0.15) is 0 Å². The van der Waals surface area contributed by atoms with Gasteiger partial charge in [-0.25, -0.2) is 0 Å². The van der Waals surface area contributed by atoms with Crippen LogP contribution in [0.5, 0.6) is 0 Å². The highest BCUT2D eigenvalue weighted by molar-refractivity contribution is 6.28. The summed E-state index contributed by atoms with van der Waals surface area (Å²) >= 11 is 6.13. The molecule has 0 radical (unpaired) electrons. The van der Waals surface area contributed by atoms with E-state index in [1.807, 2.05) is 60.2 Å². The number of nitrogens with zero attached hydrogens (tertiary/aromatic N) is 1. The van der Waals surface area contributed by atoms with Gasteiger partial charge in [-0.05, 0) is 24.1 Å². The summed E-state index contributed by atoms with van der Waals surface area (Å²) in [5, 5.41) is 0.733. The largest absolute Gasteiger partial charge is 0.280 e. The summed E-state index contributed by atoms with van der Waals surface area (Å²) in [6, 6.07) is 14.0. The first-order valence-electron chi connectivity index (χ1n) is 4.50. The van der Waals surface area contributed by atoms with Crippen molar-refractivity contribution in [1.29, 1.82) is 0 Å². The number of benzene rings is 1. The third-order valence-corrected chi connectivity index (χ3v) is 2.39. The molecule has 0 amide bonds. The lowest BCUT2D eigenvalue weighted by Crippen LogP contribution is -2.31. The number of aromatic nitrogens is 1. The summed E-state index contributed by atoms with van der Waals surface area (Å²) in [7, 11) is 0. The standard InChI is InChI=1S/C12H11ClN/c1-10-7-8-14(12(13)9-10)11-5-3-2-4-6-11/h2-9H,1H3/q+1. The highest BCUT2D eigenvalue weighted by Gasteiger charge is 2.10. The van der Waals surface area contributed by atoms with E-state index in [9.17, 15) is 0 Å². The van der Waals surface area contributed by atoms with E-state index in [0.717, 1.165) is 10.8 Å². The molecule has 1 aromatic heterocycles. The molecule has 0 saturated heterocycles. The number of para-hydroxylation sites is 1. The second kappa shape index (κ2) is 3.81. The first-order valence-corrected chi connectivity index (χ1v) is 4.88. The van der Waals surface area contributed by atoms with Gasteiger partial charge in [-0.15, -0.1) is 0 Å². The lowest BCUT2D eigenvalue weighted by Gasteiger charge is -1.97. The molecule has 1 nitrogen and oxygen atoms in total. The molecule has 1 aromatic carbocycles. The summed E-state index contributed by atoms with van der Waals surface area (Å²) in [4.78, 5) is 0. The van der Waals surface area contributed by atoms with Gasteiger partial charge in [-0.1, -0.05) is 18.2 Å². The van der Waals surface area contributed by atoms with Crippen molar-refractivity contribution in [2.75, 3.05) is 0 Å². The SMILES string of the molecule is Cc1cc[n+](-c2ccccc2)c(Cl)c1. The molecule has 0 aliphatic heterocycles. The number of hydrogen-bond donors (Lipinski definition) is 0. The van der Waals surface area contributed by atoms with Gasteiger partial charge < -0.3 is 0 Å². The van der Waals surface area contributed by atoms with Crippen molar-refractivity contribution in [2.45, 2.75) is 6.92 Å². The van der Waals surface area contributed by atoms with E-state index in [1.54, 1.807) is 0 Å². The van der Waals surface area contributed by atoms with Gasteiger partial charge in [-0.3, -0.25) is 0 Å². The van der Waals surface area contributed by atoms with Crippen LogP contribution >= 0.6 is 11.6 Å². The zero-order valence-electron chi connectivity index (χ0n) is 7.94. The molecule has 0 N–H and O–H groups in total. The summed E-state index contributed by atoms with van der Waals surface area (Å²) < 4.78 is 1.95. The second-order valence-corrected chi connectivity index (χ2v) is 3.62. The molecule has 1 heterocycles. The van der Waals surface area contributed by atoms with Gasteiger partial charge in [0, 0.05) is 24.3 Å². The van der Waals surface area contributed by atoms with E-state index in [1.165, 1.54) is 5.56 Å². The highest BCUT2D eigenvalue weighted by Crippen LogP contribution is 2.08. The first kappa shape index (κ1) is 9.22. The minimum Gasteiger partial charge on any atom is -0.150 e. The molecule has 2 aromatic rings. The molecular weight excluding hydrogens is 194 g/mol. The van der Waals surface area contributed by atoms with E-state index >= 15 is 0 Å². The van der Waals surface area contributed by atoms with Crippen LogP contribution in [-0.2, 0) is 0 Å². The van der Waals surface area contributed by atoms with Crippen LogP contribution < -0.4 is 4.57 Å². The van der Waals surface area contributed by atoms with Crippen LogP contribution in [0.1, 0.15) is 5.56 Å². The van der Waals surface area contributed by atoms with E-state index < -0.39 is 0 Å². The predicted octanol–water partition coefficient (Wildman–Crippen LogP) is 2.93. The van der Waals surface area contributed by atoms with Gasteiger partial charge in [0.2, 0.25) is 5.69 Å². The van der Waals surface area contributed by atoms with Crippen LogP contribution in [0.3, 0.4) is 0 Å². The van der Waals surface area contributed by atoms with Crippen LogP contribution in [0, 0.1) is 6.92 Å². The monoisotopic (exact) mass is 204 g/mol. The van der Waals surface area contributed by atoms with Crippen LogP contribution in [-0.4, -0.2) is 0 Å². The Labute approximate surface area is 88.6 Å². The van der Waals surface area contributed by atoms with Crippen LogP contribution in [0.4, 0.5) is 0 Å². The van der Waals surface area contributed by atoms with Crippen LogP contribution in [0.25, 0.3) is 5.69 Å². The molecule has 0 saturated carbocycles. The molecule has 2 heteroatoms. The molecule has 70 valence electrons. The number of pyridine rings is 1.